The number of hydrogen-bond donors (Lipinski definition) is 2. The molecule has 0 spiro atoms. The first-order valence-electron chi connectivity index (χ1n) is 5.86. The van der Waals surface area contributed by atoms with Crippen molar-refractivity contribution in [3.63, 3.8) is 0 Å². The van der Waals surface area contributed by atoms with Gasteiger partial charge in [-0.3, -0.25) is 0 Å². The predicted molar refractivity (Wildman–Crippen MR) is 68.3 cm³/mol. The van der Waals surface area contributed by atoms with Gasteiger partial charge in [0.15, 0.2) is 0 Å². The number of benzene rings is 1. The van der Waals surface area contributed by atoms with Crippen molar-refractivity contribution in [3.8, 4) is 17.3 Å². The molecular formula is C13H15N5. The first kappa shape index (κ1) is 12.3. The van der Waals surface area contributed by atoms with Gasteiger partial charge in [-0.15, -0.1) is 0 Å². The van der Waals surface area contributed by atoms with Gasteiger partial charge in [0.2, 0.25) is 0 Å². The Morgan fingerprint density at radius 2 is 2.11 bits per heavy atom. The molecule has 0 saturated carbocycles. The first-order chi connectivity index (χ1) is 8.81. The van der Waals surface area contributed by atoms with E-state index in [1.54, 1.807) is 0 Å². The van der Waals surface area contributed by atoms with E-state index in [0.717, 1.165) is 17.0 Å². The van der Waals surface area contributed by atoms with Crippen LogP contribution < -0.4 is 5.32 Å². The van der Waals surface area contributed by atoms with Gasteiger partial charge in [-0.05, 0) is 6.92 Å². The average Bonchev–Trinajstić information content (AvgIpc) is 2.88. The molecule has 0 aliphatic carbocycles. The Kier molecular flexibility index (Phi) is 4.05. The fourth-order valence-corrected chi connectivity index (χ4v) is 1.66. The summed E-state index contributed by atoms with van der Waals surface area (Å²) in [5.74, 6) is -0.00271. The minimum Gasteiger partial charge on any atom is -0.310 e. The van der Waals surface area contributed by atoms with E-state index in [2.05, 4.69) is 26.8 Å². The van der Waals surface area contributed by atoms with Crippen LogP contribution >= 0.6 is 0 Å². The quantitative estimate of drug-likeness (QED) is 0.835. The van der Waals surface area contributed by atoms with Crippen molar-refractivity contribution in [1.82, 2.24) is 20.7 Å². The lowest BCUT2D eigenvalue weighted by Gasteiger charge is -2.05. The molecule has 1 atom stereocenters. The normalized spacial score (nSPS) is 12.0. The summed E-state index contributed by atoms with van der Waals surface area (Å²) >= 11 is 0. The van der Waals surface area contributed by atoms with Gasteiger partial charge in [-0.2, -0.15) is 20.7 Å². The van der Waals surface area contributed by atoms with Crippen LogP contribution in [0.1, 0.15) is 12.6 Å². The van der Waals surface area contributed by atoms with Crippen LogP contribution in [0.5, 0.6) is 0 Å². The number of hydrogen-bond acceptors (Lipinski definition) is 4. The van der Waals surface area contributed by atoms with E-state index in [1.807, 2.05) is 37.3 Å². The van der Waals surface area contributed by atoms with Crippen molar-refractivity contribution >= 4 is 0 Å². The zero-order valence-corrected chi connectivity index (χ0v) is 10.2. The van der Waals surface area contributed by atoms with Crippen molar-refractivity contribution in [3.05, 3.63) is 36.0 Å². The number of aromatic nitrogens is 3. The molecule has 5 heteroatoms. The average molecular weight is 241 g/mol. The van der Waals surface area contributed by atoms with Gasteiger partial charge in [-0.1, -0.05) is 30.3 Å². The highest BCUT2D eigenvalue weighted by molar-refractivity contribution is 5.60. The molecule has 0 saturated heterocycles. The third-order valence-electron chi connectivity index (χ3n) is 2.63. The standard InChI is InChI=1S/C13H15N5/c1-10(7-14)8-15-9-12-13(17-18-16-12)11-5-3-2-4-6-11/h2-6,10,15H,8-9H2,1H3,(H,16,17,18). The number of aromatic amines is 1. The second kappa shape index (κ2) is 5.94. The molecule has 0 aliphatic rings. The summed E-state index contributed by atoms with van der Waals surface area (Å²) in [6.07, 6.45) is 0. The molecule has 0 amide bonds. The van der Waals surface area contributed by atoms with E-state index in [4.69, 9.17) is 5.26 Å². The van der Waals surface area contributed by atoms with Gasteiger partial charge in [0.1, 0.15) is 11.4 Å². The van der Waals surface area contributed by atoms with Gasteiger partial charge in [0, 0.05) is 18.7 Å². The smallest absolute Gasteiger partial charge is 0.117 e. The Hall–Kier alpha value is -2.19. The molecule has 1 unspecified atom stereocenters. The molecule has 18 heavy (non-hydrogen) atoms. The van der Waals surface area contributed by atoms with E-state index >= 15 is 0 Å². The minimum absolute atomic E-state index is 0.00271. The van der Waals surface area contributed by atoms with Crippen LogP contribution in [-0.4, -0.2) is 22.0 Å². The highest BCUT2D eigenvalue weighted by Gasteiger charge is 2.09. The van der Waals surface area contributed by atoms with Crippen molar-refractivity contribution in [1.29, 1.82) is 5.26 Å². The Balaban J connectivity index is 2.03. The molecule has 1 heterocycles. The third kappa shape index (κ3) is 2.93. The van der Waals surface area contributed by atoms with Crippen LogP contribution in [0.3, 0.4) is 0 Å². The second-order valence-corrected chi connectivity index (χ2v) is 4.15. The van der Waals surface area contributed by atoms with Crippen molar-refractivity contribution in [2.75, 3.05) is 6.54 Å². The maximum Gasteiger partial charge on any atom is 0.117 e. The molecule has 0 aliphatic heterocycles. The van der Waals surface area contributed by atoms with E-state index in [1.165, 1.54) is 0 Å². The number of H-pyrrole nitrogens is 1. The molecular weight excluding hydrogens is 226 g/mol. The van der Waals surface area contributed by atoms with Crippen molar-refractivity contribution in [2.24, 2.45) is 5.92 Å². The summed E-state index contributed by atoms with van der Waals surface area (Å²) in [6.45, 7) is 3.14. The van der Waals surface area contributed by atoms with Crippen molar-refractivity contribution in [2.45, 2.75) is 13.5 Å². The Bertz CT molecular complexity index is 526. The fourth-order valence-electron chi connectivity index (χ4n) is 1.66. The largest absolute Gasteiger partial charge is 0.310 e. The second-order valence-electron chi connectivity index (χ2n) is 4.15. The van der Waals surface area contributed by atoms with Gasteiger partial charge in [0.05, 0.1) is 12.0 Å². The lowest BCUT2D eigenvalue weighted by molar-refractivity contribution is 0.595. The monoisotopic (exact) mass is 241 g/mol. The molecule has 0 bridgehead atoms. The summed E-state index contributed by atoms with van der Waals surface area (Å²) in [4.78, 5) is 0. The van der Waals surface area contributed by atoms with Crippen LogP contribution in [0.4, 0.5) is 0 Å². The Labute approximate surface area is 106 Å². The number of nitriles is 1. The molecule has 1 aromatic carbocycles. The highest BCUT2D eigenvalue weighted by atomic mass is 15.3. The van der Waals surface area contributed by atoms with E-state index in [9.17, 15) is 0 Å². The molecule has 92 valence electrons. The van der Waals surface area contributed by atoms with E-state index in [0.29, 0.717) is 13.1 Å². The molecule has 5 nitrogen and oxygen atoms in total. The molecule has 0 fully saturated rings. The summed E-state index contributed by atoms with van der Waals surface area (Å²) in [6, 6.07) is 12.1. The van der Waals surface area contributed by atoms with Gasteiger partial charge in [-0.25, -0.2) is 0 Å². The molecule has 2 N–H and O–H groups in total. The Morgan fingerprint density at radius 1 is 1.33 bits per heavy atom. The topological polar surface area (TPSA) is 77.4 Å². The van der Waals surface area contributed by atoms with Gasteiger partial charge in [0.25, 0.3) is 0 Å². The summed E-state index contributed by atoms with van der Waals surface area (Å²) < 4.78 is 0. The molecule has 1 aromatic heterocycles. The van der Waals surface area contributed by atoms with Crippen LogP contribution in [-0.2, 0) is 6.54 Å². The molecule has 2 aromatic rings. The van der Waals surface area contributed by atoms with Gasteiger partial charge >= 0.3 is 0 Å². The van der Waals surface area contributed by atoms with Crippen LogP contribution in [0.25, 0.3) is 11.3 Å². The number of nitrogens with zero attached hydrogens (tertiary/aromatic N) is 3. The van der Waals surface area contributed by atoms with Gasteiger partial charge < -0.3 is 5.32 Å². The number of nitrogens with one attached hydrogen (secondary N) is 2. The Morgan fingerprint density at radius 3 is 2.83 bits per heavy atom. The van der Waals surface area contributed by atoms with Crippen LogP contribution in [0.15, 0.2) is 30.3 Å². The van der Waals surface area contributed by atoms with E-state index in [-0.39, 0.29) is 5.92 Å². The summed E-state index contributed by atoms with van der Waals surface area (Å²) in [5.41, 5.74) is 2.76. The SMILES string of the molecule is CC(C#N)CNCc1n[nH]nc1-c1ccccc1. The first-order valence-corrected chi connectivity index (χ1v) is 5.86. The minimum atomic E-state index is -0.00271. The molecule has 0 radical (unpaired) electrons. The zero-order valence-electron chi connectivity index (χ0n) is 10.2. The van der Waals surface area contributed by atoms with Crippen LogP contribution in [0, 0.1) is 17.2 Å². The maximum atomic E-state index is 8.70. The zero-order chi connectivity index (χ0) is 12.8. The van der Waals surface area contributed by atoms with E-state index < -0.39 is 0 Å². The van der Waals surface area contributed by atoms with Crippen molar-refractivity contribution < 1.29 is 0 Å². The fraction of sp³-hybridized carbons (Fsp3) is 0.308. The predicted octanol–water partition coefficient (Wildman–Crippen LogP) is 1.72. The lowest BCUT2D eigenvalue weighted by Crippen LogP contribution is -2.20. The summed E-state index contributed by atoms with van der Waals surface area (Å²) in [7, 11) is 0. The highest BCUT2D eigenvalue weighted by Crippen LogP contribution is 2.18. The number of rotatable bonds is 5. The molecule has 2 rings (SSSR count). The maximum absolute atomic E-state index is 8.70. The summed E-state index contributed by atoms with van der Waals surface area (Å²) in [5, 5.41) is 22.8. The van der Waals surface area contributed by atoms with Crippen LogP contribution in [0.2, 0.25) is 0 Å². The lowest BCUT2D eigenvalue weighted by atomic mass is 10.1. The third-order valence-corrected chi connectivity index (χ3v) is 2.63.